The molecule has 0 heterocycles. The molecule has 98 valence electrons. The van der Waals surface area contributed by atoms with Crippen LogP contribution in [0.5, 0.6) is 0 Å². The van der Waals surface area contributed by atoms with E-state index in [-0.39, 0.29) is 0 Å². The molecule has 3 atom stereocenters. The van der Waals surface area contributed by atoms with Gasteiger partial charge in [-0.1, -0.05) is 46.0 Å². The summed E-state index contributed by atoms with van der Waals surface area (Å²) in [6, 6.07) is 0. The minimum absolute atomic E-state index is 0.646. The standard InChI is InChI=1S/C17H30/c1-17(2,14-8-4-5-9-14)16-12-11-13-7-3-6-10-15(13)16/h13-16H,3-12H2,1-2H3. The van der Waals surface area contributed by atoms with Gasteiger partial charge in [0.1, 0.15) is 0 Å². The van der Waals surface area contributed by atoms with Gasteiger partial charge in [0.2, 0.25) is 0 Å². The van der Waals surface area contributed by atoms with Gasteiger partial charge in [-0.3, -0.25) is 0 Å². The highest BCUT2D eigenvalue weighted by atomic mass is 14.5. The highest BCUT2D eigenvalue weighted by Crippen LogP contribution is 2.56. The molecule has 3 saturated carbocycles. The maximum atomic E-state index is 2.62. The van der Waals surface area contributed by atoms with Gasteiger partial charge in [-0.15, -0.1) is 0 Å². The molecule has 3 aliphatic carbocycles. The van der Waals surface area contributed by atoms with Crippen molar-refractivity contribution in [3.05, 3.63) is 0 Å². The van der Waals surface area contributed by atoms with Gasteiger partial charge in [-0.05, 0) is 61.2 Å². The zero-order valence-electron chi connectivity index (χ0n) is 11.9. The Balaban J connectivity index is 1.74. The predicted molar refractivity (Wildman–Crippen MR) is 73.9 cm³/mol. The molecule has 0 spiro atoms. The van der Waals surface area contributed by atoms with Crippen LogP contribution in [0.3, 0.4) is 0 Å². The third kappa shape index (κ3) is 2.06. The van der Waals surface area contributed by atoms with Crippen LogP contribution in [0.2, 0.25) is 0 Å². The first-order valence-corrected chi connectivity index (χ1v) is 8.19. The molecular formula is C17H30. The maximum absolute atomic E-state index is 2.62. The van der Waals surface area contributed by atoms with Gasteiger partial charge < -0.3 is 0 Å². The predicted octanol–water partition coefficient (Wildman–Crippen LogP) is 5.42. The molecular weight excluding hydrogens is 204 g/mol. The molecule has 0 bridgehead atoms. The van der Waals surface area contributed by atoms with Crippen LogP contribution in [0, 0.1) is 29.1 Å². The molecule has 0 N–H and O–H groups in total. The van der Waals surface area contributed by atoms with Crippen molar-refractivity contribution in [1.82, 2.24) is 0 Å². The zero-order chi connectivity index (χ0) is 11.9. The van der Waals surface area contributed by atoms with Crippen molar-refractivity contribution in [3.8, 4) is 0 Å². The summed E-state index contributed by atoms with van der Waals surface area (Å²) in [6.07, 6.45) is 15.4. The topological polar surface area (TPSA) is 0 Å². The van der Waals surface area contributed by atoms with E-state index in [1.165, 1.54) is 38.5 Å². The van der Waals surface area contributed by atoms with E-state index in [1.807, 2.05) is 0 Å². The van der Waals surface area contributed by atoms with Crippen LogP contribution >= 0.6 is 0 Å². The molecule has 0 aromatic heterocycles. The fraction of sp³-hybridized carbons (Fsp3) is 1.00. The smallest absolute Gasteiger partial charge is 0.0295 e. The van der Waals surface area contributed by atoms with Gasteiger partial charge in [0.15, 0.2) is 0 Å². The van der Waals surface area contributed by atoms with Crippen molar-refractivity contribution in [2.75, 3.05) is 0 Å². The highest BCUT2D eigenvalue weighted by molar-refractivity contribution is 4.97. The van der Waals surface area contributed by atoms with Crippen LogP contribution in [-0.2, 0) is 0 Å². The number of rotatable bonds is 2. The summed E-state index contributed by atoms with van der Waals surface area (Å²) >= 11 is 0. The summed E-state index contributed by atoms with van der Waals surface area (Å²) in [6.45, 7) is 5.23. The van der Waals surface area contributed by atoms with Gasteiger partial charge in [-0.25, -0.2) is 0 Å². The molecule has 0 aromatic rings. The van der Waals surface area contributed by atoms with Gasteiger partial charge in [0, 0.05) is 0 Å². The summed E-state index contributed by atoms with van der Waals surface area (Å²) in [5.41, 5.74) is 0.646. The van der Waals surface area contributed by atoms with Crippen LogP contribution < -0.4 is 0 Å². The van der Waals surface area contributed by atoms with Gasteiger partial charge in [0.05, 0.1) is 0 Å². The molecule has 0 amide bonds. The second-order valence-corrected chi connectivity index (χ2v) is 7.69. The summed E-state index contributed by atoms with van der Waals surface area (Å²) in [4.78, 5) is 0. The summed E-state index contributed by atoms with van der Waals surface area (Å²) in [5, 5.41) is 0. The number of hydrogen-bond donors (Lipinski definition) is 0. The monoisotopic (exact) mass is 234 g/mol. The van der Waals surface area contributed by atoms with Crippen molar-refractivity contribution >= 4 is 0 Å². The average Bonchev–Trinajstić information content (AvgIpc) is 2.99. The van der Waals surface area contributed by atoms with E-state index in [9.17, 15) is 0 Å². The fourth-order valence-electron chi connectivity index (χ4n) is 5.63. The molecule has 0 nitrogen and oxygen atoms in total. The summed E-state index contributed by atoms with van der Waals surface area (Å²) < 4.78 is 0. The van der Waals surface area contributed by atoms with Crippen molar-refractivity contribution in [3.63, 3.8) is 0 Å². The SMILES string of the molecule is CC(C)(C1CCCC1)C1CCC2CCCCC21. The molecule has 3 aliphatic rings. The normalized spacial score (nSPS) is 39.5. The second-order valence-electron chi connectivity index (χ2n) is 7.69. The third-order valence-electron chi connectivity index (χ3n) is 6.70. The number of fused-ring (bicyclic) bond motifs is 1. The van der Waals surface area contributed by atoms with Crippen molar-refractivity contribution in [2.45, 2.75) is 78.1 Å². The summed E-state index contributed by atoms with van der Waals surface area (Å²) in [7, 11) is 0. The second kappa shape index (κ2) is 4.59. The molecule has 0 aliphatic heterocycles. The van der Waals surface area contributed by atoms with Crippen LogP contribution in [0.15, 0.2) is 0 Å². The van der Waals surface area contributed by atoms with Crippen LogP contribution in [0.1, 0.15) is 78.1 Å². The summed E-state index contributed by atoms with van der Waals surface area (Å²) in [5.74, 6) is 4.35. The Labute approximate surface area is 108 Å². The quantitative estimate of drug-likeness (QED) is 0.598. The molecule has 0 radical (unpaired) electrons. The van der Waals surface area contributed by atoms with Gasteiger partial charge >= 0.3 is 0 Å². The molecule has 0 saturated heterocycles. The minimum atomic E-state index is 0.646. The molecule has 3 fully saturated rings. The van der Waals surface area contributed by atoms with Crippen molar-refractivity contribution < 1.29 is 0 Å². The van der Waals surface area contributed by atoms with Crippen LogP contribution in [0.4, 0.5) is 0 Å². The minimum Gasteiger partial charge on any atom is -0.0594 e. The lowest BCUT2D eigenvalue weighted by molar-refractivity contribution is 0.0626. The average molecular weight is 234 g/mol. The van der Waals surface area contributed by atoms with Crippen LogP contribution in [-0.4, -0.2) is 0 Å². The van der Waals surface area contributed by atoms with E-state index >= 15 is 0 Å². The largest absolute Gasteiger partial charge is 0.0594 e. The van der Waals surface area contributed by atoms with E-state index in [0.717, 1.165) is 23.7 Å². The molecule has 0 aromatic carbocycles. The Morgan fingerprint density at radius 2 is 1.35 bits per heavy atom. The Bertz CT molecular complexity index is 259. The lowest BCUT2D eigenvalue weighted by Crippen LogP contribution is -2.35. The lowest BCUT2D eigenvalue weighted by Gasteiger charge is -2.43. The molecule has 0 heteroatoms. The van der Waals surface area contributed by atoms with Crippen LogP contribution in [0.25, 0.3) is 0 Å². The zero-order valence-corrected chi connectivity index (χ0v) is 11.9. The maximum Gasteiger partial charge on any atom is -0.0295 e. The lowest BCUT2D eigenvalue weighted by atomic mass is 9.62. The highest BCUT2D eigenvalue weighted by Gasteiger charge is 2.47. The van der Waals surface area contributed by atoms with Crippen molar-refractivity contribution in [2.24, 2.45) is 29.1 Å². The first kappa shape index (κ1) is 12.1. The Morgan fingerprint density at radius 3 is 2.12 bits per heavy atom. The Morgan fingerprint density at radius 1 is 0.706 bits per heavy atom. The van der Waals surface area contributed by atoms with E-state index in [2.05, 4.69) is 13.8 Å². The van der Waals surface area contributed by atoms with E-state index < -0.39 is 0 Å². The van der Waals surface area contributed by atoms with Gasteiger partial charge in [-0.2, -0.15) is 0 Å². The fourth-order valence-corrected chi connectivity index (χ4v) is 5.63. The van der Waals surface area contributed by atoms with E-state index in [0.29, 0.717) is 5.41 Å². The molecule has 3 unspecified atom stereocenters. The Kier molecular flexibility index (Phi) is 3.26. The first-order chi connectivity index (χ1) is 8.19. The molecule has 17 heavy (non-hydrogen) atoms. The van der Waals surface area contributed by atoms with E-state index in [1.54, 1.807) is 25.7 Å². The molecule has 3 rings (SSSR count). The van der Waals surface area contributed by atoms with Crippen molar-refractivity contribution in [1.29, 1.82) is 0 Å². The van der Waals surface area contributed by atoms with E-state index in [4.69, 9.17) is 0 Å². The Hall–Kier alpha value is 0. The van der Waals surface area contributed by atoms with Gasteiger partial charge in [0.25, 0.3) is 0 Å². The number of hydrogen-bond acceptors (Lipinski definition) is 0. The third-order valence-corrected chi connectivity index (χ3v) is 6.70. The first-order valence-electron chi connectivity index (χ1n) is 8.19.